The minimum Gasteiger partial charge on any atom is -0.469 e. The second kappa shape index (κ2) is 6.03. The van der Waals surface area contributed by atoms with Crippen LogP contribution in [-0.2, 0) is 16.6 Å². The largest absolute Gasteiger partial charge is 0.469 e. The van der Waals surface area contributed by atoms with E-state index in [1.807, 2.05) is 0 Å². The monoisotopic (exact) mass is 239 g/mol. The fourth-order valence-corrected chi connectivity index (χ4v) is 1.44. The third-order valence-corrected chi connectivity index (χ3v) is 2.49. The molecule has 0 aliphatic rings. The molecule has 1 aromatic heterocycles. The van der Waals surface area contributed by atoms with Crippen LogP contribution >= 0.6 is 0 Å². The fourth-order valence-electron chi connectivity index (χ4n) is 1.44. The molecule has 94 valence electrons. The van der Waals surface area contributed by atoms with Gasteiger partial charge in [0.1, 0.15) is 5.69 Å². The number of aromatic nitrogens is 2. The van der Waals surface area contributed by atoms with Crippen molar-refractivity contribution in [3.8, 4) is 0 Å². The molecule has 0 aromatic carbocycles. The molecular formula is C11H17N3O3. The van der Waals surface area contributed by atoms with Crippen molar-refractivity contribution in [3.63, 3.8) is 0 Å². The minimum atomic E-state index is -0.258. The highest BCUT2D eigenvalue weighted by molar-refractivity contribution is 5.92. The first kappa shape index (κ1) is 13.2. The summed E-state index contributed by atoms with van der Waals surface area (Å²) in [5.41, 5.74) is 0.533. The number of esters is 1. The van der Waals surface area contributed by atoms with Crippen LogP contribution in [0, 0.1) is 0 Å². The maximum Gasteiger partial charge on any atom is 0.305 e. The summed E-state index contributed by atoms with van der Waals surface area (Å²) in [6.45, 7) is 0.513. The maximum absolute atomic E-state index is 11.9. The smallest absolute Gasteiger partial charge is 0.305 e. The standard InChI is InChI=1S/C11H17N3O3/c1-13(8-4-5-10(15)17-3)11(16)9-6-7-12-14(9)2/h6-7H,4-5,8H2,1-3H3. The minimum absolute atomic E-state index is 0.102. The molecule has 6 heteroatoms. The Bertz CT molecular complexity index is 400. The molecule has 0 atom stereocenters. The topological polar surface area (TPSA) is 64.4 Å². The number of carbonyl (C=O) groups excluding carboxylic acids is 2. The van der Waals surface area contributed by atoms with E-state index in [0.29, 0.717) is 25.1 Å². The van der Waals surface area contributed by atoms with E-state index in [1.165, 1.54) is 11.8 Å². The Labute approximate surface area is 100 Å². The zero-order valence-electron chi connectivity index (χ0n) is 10.3. The molecule has 1 heterocycles. The summed E-state index contributed by atoms with van der Waals surface area (Å²) in [6, 6.07) is 1.67. The van der Waals surface area contributed by atoms with Gasteiger partial charge in [0.2, 0.25) is 0 Å². The Balaban J connectivity index is 2.43. The molecule has 0 unspecified atom stereocenters. The van der Waals surface area contributed by atoms with E-state index in [0.717, 1.165) is 0 Å². The van der Waals surface area contributed by atoms with E-state index >= 15 is 0 Å². The Hall–Kier alpha value is -1.85. The van der Waals surface area contributed by atoms with E-state index in [1.54, 1.807) is 31.3 Å². The zero-order chi connectivity index (χ0) is 12.8. The van der Waals surface area contributed by atoms with Crippen LogP contribution in [-0.4, -0.2) is 47.3 Å². The summed E-state index contributed by atoms with van der Waals surface area (Å²) in [4.78, 5) is 24.4. The van der Waals surface area contributed by atoms with Crippen molar-refractivity contribution >= 4 is 11.9 Å². The van der Waals surface area contributed by atoms with Crippen molar-refractivity contribution in [2.45, 2.75) is 12.8 Å². The van der Waals surface area contributed by atoms with Crippen molar-refractivity contribution in [2.75, 3.05) is 20.7 Å². The second-order valence-corrected chi connectivity index (χ2v) is 3.75. The van der Waals surface area contributed by atoms with Crippen LogP contribution in [0.4, 0.5) is 0 Å². The van der Waals surface area contributed by atoms with Crippen molar-refractivity contribution in [3.05, 3.63) is 18.0 Å². The van der Waals surface area contributed by atoms with Crippen molar-refractivity contribution in [1.82, 2.24) is 14.7 Å². The molecular weight excluding hydrogens is 222 g/mol. The van der Waals surface area contributed by atoms with Gasteiger partial charge in [-0.15, -0.1) is 0 Å². The van der Waals surface area contributed by atoms with Gasteiger partial charge < -0.3 is 9.64 Å². The molecule has 0 saturated heterocycles. The molecule has 0 aliphatic carbocycles. The van der Waals surface area contributed by atoms with Crippen LogP contribution < -0.4 is 0 Å². The summed E-state index contributed by atoms with van der Waals surface area (Å²) >= 11 is 0. The van der Waals surface area contributed by atoms with E-state index in [9.17, 15) is 9.59 Å². The molecule has 0 bridgehead atoms. The lowest BCUT2D eigenvalue weighted by molar-refractivity contribution is -0.140. The number of hydrogen-bond donors (Lipinski definition) is 0. The van der Waals surface area contributed by atoms with E-state index in [-0.39, 0.29) is 11.9 Å². The molecule has 0 N–H and O–H groups in total. The summed E-state index contributed by atoms with van der Waals surface area (Å²) in [7, 11) is 4.77. The summed E-state index contributed by atoms with van der Waals surface area (Å²) in [6.07, 6.45) is 2.49. The van der Waals surface area contributed by atoms with Gasteiger partial charge in [0.25, 0.3) is 5.91 Å². The van der Waals surface area contributed by atoms with Gasteiger partial charge in [-0.1, -0.05) is 0 Å². The van der Waals surface area contributed by atoms with Crippen LogP contribution in [0.1, 0.15) is 23.3 Å². The Morgan fingerprint density at radius 1 is 1.53 bits per heavy atom. The van der Waals surface area contributed by atoms with Crippen molar-refractivity contribution < 1.29 is 14.3 Å². The van der Waals surface area contributed by atoms with Gasteiger partial charge >= 0.3 is 5.97 Å². The van der Waals surface area contributed by atoms with Gasteiger partial charge in [-0.25, -0.2) is 0 Å². The van der Waals surface area contributed by atoms with Gasteiger partial charge in [0.15, 0.2) is 0 Å². The normalized spacial score (nSPS) is 10.1. The number of rotatable bonds is 5. The van der Waals surface area contributed by atoms with Crippen LogP contribution in [0.2, 0.25) is 0 Å². The molecule has 6 nitrogen and oxygen atoms in total. The molecule has 0 fully saturated rings. The first-order valence-corrected chi connectivity index (χ1v) is 5.36. The quantitative estimate of drug-likeness (QED) is 0.700. The highest BCUT2D eigenvalue weighted by atomic mass is 16.5. The van der Waals surface area contributed by atoms with E-state index in [4.69, 9.17) is 0 Å². The molecule has 1 rings (SSSR count). The zero-order valence-corrected chi connectivity index (χ0v) is 10.3. The van der Waals surface area contributed by atoms with Gasteiger partial charge in [0, 0.05) is 33.3 Å². The number of ether oxygens (including phenoxy) is 1. The van der Waals surface area contributed by atoms with Crippen LogP contribution in [0.15, 0.2) is 12.3 Å². The highest BCUT2D eigenvalue weighted by Crippen LogP contribution is 2.03. The molecule has 17 heavy (non-hydrogen) atoms. The average Bonchev–Trinajstić information content (AvgIpc) is 2.74. The summed E-state index contributed by atoms with van der Waals surface area (Å²) in [5.74, 6) is -0.360. The predicted octanol–water partition coefficient (Wildman–Crippen LogP) is 0.445. The van der Waals surface area contributed by atoms with Gasteiger partial charge in [0.05, 0.1) is 7.11 Å². The lowest BCUT2D eigenvalue weighted by atomic mass is 10.3. The van der Waals surface area contributed by atoms with Crippen molar-refractivity contribution in [1.29, 1.82) is 0 Å². The lowest BCUT2D eigenvalue weighted by Gasteiger charge is -2.16. The molecule has 1 aromatic rings. The maximum atomic E-state index is 11.9. The number of carbonyl (C=O) groups is 2. The highest BCUT2D eigenvalue weighted by Gasteiger charge is 2.14. The van der Waals surface area contributed by atoms with Crippen molar-refractivity contribution in [2.24, 2.45) is 7.05 Å². The average molecular weight is 239 g/mol. The SMILES string of the molecule is COC(=O)CCCN(C)C(=O)c1ccnn1C. The molecule has 1 amide bonds. The third kappa shape index (κ3) is 3.58. The Morgan fingerprint density at radius 3 is 2.76 bits per heavy atom. The summed E-state index contributed by atoms with van der Waals surface area (Å²) < 4.78 is 6.05. The first-order valence-electron chi connectivity index (χ1n) is 5.36. The van der Waals surface area contributed by atoms with Gasteiger partial charge in [-0.2, -0.15) is 5.10 Å². The Morgan fingerprint density at radius 2 is 2.24 bits per heavy atom. The number of hydrogen-bond acceptors (Lipinski definition) is 4. The predicted molar refractivity (Wildman–Crippen MR) is 61.4 cm³/mol. The molecule has 0 saturated carbocycles. The van der Waals surface area contributed by atoms with E-state index in [2.05, 4.69) is 9.84 Å². The number of aryl methyl sites for hydroxylation is 1. The van der Waals surface area contributed by atoms with Gasteiger partial charge in [-0.3, -0.25) is 14.3 Å². The number of methoxy groups -OCH3 is 1. The van der Waals surface area contributed by atoms with Gasteiger partial charge in [-0.05, 0) is 12.5 Å². The molecule has 0 aliphatic heterocycles. The first-order chi connectivity index (χ1) is 8.06. The number of nitrogens with zero attached hydrogens (tertiary/aromatic N) is 3. The van der Waals surface area contributed by atoms with Crippen LogP contribution in [0.3, 0.4) is 0 Å². The van der Waals surface area contributed by atoms with E-state index < -0.39 is 0 Å². The second-order valence-electron chi connectivity index (χ2n) is 3.75. The molecule has 0 radical (unpaired) electrons. The van der Waals surface area contributed by atoms with Crippen LogP contribution in [0.25, 0.3) is 0 Å². The fraction of sp³-hybridized carbons (Fsp3) is 0.545. The summed E-state index contributed by atoms with van der Waals surface area (Å²) in [5, 5.41) is 3.94. The third-order valence-electron chi connectivity index (χ3n) is 2.49. The Kier molecular flexibility index (Phi) is 4.68. The van der Waals surface area contributed by atoms with Crippen LogP contribution in [0.5, 0.6) is 0 Å². The molecule has 0 spiro atoms. The number of amides is 1. The lowest BCUT2D eigenvalue weighted by Crippen LogP contribution is -2.29.